The third-order valence-electron chi connectivity index (χ3n) is 1.17. The summed E-state index contributed by atoms with van der Waals surface area (Å²) in [6, 6.07) is 0. The van der Waals surface area contributed by atoms with Gasteiger partial charge in [-0.05, 0) is 6.92 Å². The van der Waals surface area contributed by atoms with Gasteiger partial charge >= 0.3 is 0 Å². The van der Waals surface area contributed by atoms with Gasteiger partial charge in [0.15, 0.2) is 0 Å². The van der Waals surface area contributed by atoms with Crippen molar-refractivity contribution in [3.63, 3.8) is 0 Å². The summed E-state index contributed by atoms with van der Waals surface area (Å²) in [5.74, 6) is 0.558. The fourth-order valence-electron chi connectivity index (χ4n) is 0.623. The average molecular weight is 140 g/mol. The van der Waals surface area contributed by atoms with Crippen molar-refractivity contribution in [3.05, 3.63) is 27.9 Å². The highest BCUT2D eigenvalue weighted by Crippen LogP contribution is 1.86. The van der Waals surface area contributed by atoms with Crippen molar-refractivity contribution in [1.29, 1.82) is 0 Å². The van der Waals surface area contributed by atoms with E-state index in [0.29, 0.717) is 11.4 Å². The molecule has 0 aliphatic rings. The summed E-state index contributed by atoms with van der Waals surface area (Å²) in [5.41, 5.74) is 0.0283. The predicted molar refractivity (Wildman–Crippen MR) is 35.5 cm³/mol. The molecular weight excluding hydrogens is 132 g/mol. The quantitative estimate of drug-likeness (QED) is 0.556. The Morgan fingerprint density at radius 1 is 1.80 bits per heavy atom. The van der Waals surface area contributed by atoms with Gasteiger partial charge in [0.05, 0.1) is 12.2 Å². The Morgan fingerprint density at radius 2 is 2.50 bits per heavy atom. The number of rotatable bonds is 1. The molecule has 10 heavy (non-hydrogen) atoms. The highest BCUT2D eigenvalue weighted by Gasteiger charge is 1.96. The molecule has 0 bridgehead atoms. The molecule has 4 heteroatoms. The summed E-state index contributed by atoms with van der Waals surface area (Å²) in [4.78, 5) is 17.1. The number of nitrogens with zero attached hydrogens (tertiary/aromatic N) is 1. The normalized spacial score (nSPS) is 9.80. The minimum Gasteiger partial charge on any atom is -0.391 e. The lowest BCUT2D eigenvalue weighted by Crippen LogP contribution is -2.14. The molecule has 0 unspecified atom stereocenters. The molecule has 1 rings (SSSR count). The fraction of sp³-hybridized carbons (Fsp3) is 0.333. The second-order valence-electron chi connectivity index (χ2n) is 1.98. The van der Waals surface area contributed by atoms with Crippen molar-refractivity contribution in [3.8, 4) is 0 Å². The zero-order valence-corrected chi connectivity index (χ0v) is 5.59. The highest BCUT2D eigenvalue weighted by molar-refractivity contribution is 5.03. The van der Waals surface area contributed by atoms with E-state index in [1.54, 1.807) is 6.92 Å². The number of aryl methyl sites for hydroxylation is 1. The van der Waals surface area contributed by atoms with Crippen LogP contribution in [0.4, 0.5) is 0 Å². The lowest BCUT2D eigenvalue weighted by molar-refractivity contribution is 0.279. The second-order valence-corrected chi connectivity index (χ2v) is 1.98. The molecule has 54 valence electrons. The Bertz CT molecular complexity index is 279. The first-order valence-corrected chi connectivity index (χ1v) is 2.89. The van der Waals surface area contributed by atoms with Crippen LogP contribution < -0.4 is 5.56 Å². The van der Waals surface area contributed by atoms with Gasteiger partial charge in [-0.25, -0.2) is 4.98 Å². The number of H-pyrrole nitrogens is 1. The van der Waals surface area contributed by atoms with Gasteiger partial charge in [0.1, 0.15) is 5.82 Å². The Hall–Kier alpha value is -1.16. The van der Waals surface area contributed by atoms with Crippen LogP contribution in [-0.2, 0) is 6.61 Å². The largest absolute Gasteiger partial charge is 0.391 e. The lowest BCUT2D eigenvalue weighted by atomic mass is 10.3. The standard InChI is InChI=1S/C6H8N2O2/c1-4-7-2-5(3-9)6(10)8-4/h2,9H,3H2,1H3,(H,7,8,10). The molecule has 2 N–H and O–H groups in total. The number of nitrogens with one attached hydrogen (secondary N) is 1. The maximum Gasteiger partial charge on any atom is 0.256 e. The third kappa shape index (κ3) is 1.22. The van der Waals surface area contributed by atoms with Gasteiger partial charge in [0.2, 0.25) is 0 Å². The first-order chi connectivity index (χ1) is 4.74. The highest BCUT2D eigenvalue weighted by atomic mass is 16.3. The second kappa shape index (κ2) is 2.62. The van der Waals surface area contributed by atoms with E-state index in [0.717, 1.165) is 0 Å². The molecule has 0 saturated carbocycles. The summed E-state index contributed by atoms with van der Waals surface area (Å²) in [6.07, 6.45) is 1.37. The number of aliphatic hydroxyl groups excluding tert-OH is 1. The summed E-state index contributed by atoms with van der Waals surface area (Å²) >= 11 is 0. The monoisotopic (exact) mass is 140 g/mol. The van der Waals surface area contributed by atoms with E-state index >= 15 is 0 Å². The van der Waals surface area contributed by atoms with Crippen LogP contribution in [0.5, 0.6) is 0 Å². The minimum atomic E-state index is -0.269. The van der Waals surface area contributed by atoms with Crippen molar-refractivity contribution < 1.29 is 5.11 Å². The molecule has 1 aromatic heterocycles. The minimum absolute atomic E-state index is 0.261. The van der Waals surface area contributed by atoms with Crippen LogP contribution in [0, 0.1) is 6.92 Å². The van der Waals surface area contributed by atoms with Crippen LogP contribution in [0.2, 0.25) is 0 Å². The van der Waals surface area contributed by atoms with Crippen LogP contribution in [0.25, 0.3) is 0 Å². The SMILES string of the molecule is Cc1ncc(CO)c(=O)[nH]1. The van der Waals surface area contributed by atoms with Crippen LogP contribution in [0.15, 0.2) is 11.0 Å². The van der Waals surface area contributed by atoms with Crippen molar-refractivity contribution in [2.24, 2.45) is 0 Å². The summed E-state index contributed by atoms with van der Waals surface area (Å²) < 4.78 is 0. The lowest BCUT2D eigenvalue weighted by Gasteiger charge is -1.93. The maximum atomic E-state index is 10.8. The fourth-order valence-corrected chi connectivity index (χ4v) is 0.623. The number of aliphatic hydroxyl groups is 1. The molecule has 0 fully saturated rings. The average Bonchev–Trinajstić information content (AvgIpc) is 1.88. The summed E-state index contributed by atoms with van der Waals surface area (Å²) in [6.45, 7) is 1.42. The van der Waals surface area contributed by atoms with Gasteiger partial charge in [-0.1, -0.05) is 0 Å². The van der Waals surface area contributed by atoms with Gasteiger partial charge < -0.3 is 10.1 Å². The first kappa shape index (κ1) is 6.95. The van der Waals surface area contributed by atoms with E-state index in [1.165, 1.54) is 6.20 Å². The number of aromatic amines is 1. The summed E-state index contributed by atoms with van der Waals surface area (Å²) in [7, 11) is 0. The van der Waals surface area contributed by atoms with E-state index in [1.807, 2.05) is 0 Å². The topological polar surface area (TPSA) is 66.0 Å². The van der Waals surface area contributed by atoms with Gasteiger partial charge in [0.25, 0.3) is 5.56 Å². The number of hydrogen-bond donors (Lipinski definition) is 2. The Kier molecular flexibility index (Phi) is 1.82. The van der Waals surface area contributed by atoms with Crippen LogP contribution in [0.3, 0.4) is 0 Å². The zero-order valence-electron chi connectivity index (χ0n) is 5.59. The van der Waals surface area contributed by atoms with Crippen molar-refractivity contribution >= 4 is 0 Å². The van der Waals surface area contributed by atoms with Crippen LogP contribution >= 0.6 is 0 Å². The molecule has 4 nitrogen and oxygen atoms in total. The maximum absolute atomic E-state index is 10.8. The van der Waals surface area contributed by atoms with E-state index in [9.17, 15) is 4.79 Å². The predicted octanol–water partition coefficient (Wildman–Crippen LogP) is -0.429. The Balaban J connectivity index is 3.20. The van der Waals surface area contributed by atoms with Gasteiger partial charge in [-0.15, -0.1) is 0 Å². The smallest absolute Gasteiger partial charge is 0.256 e. The molecule has 0 atom stereocenters. The van der Waals surface area contributed by atoms with Gasteiger partial charge in [-0.3, -0.25) is 4.79 Å². The molecule has 0 aliphatic carbocycles. The molecule has 0 amide bonds. The van der Waals surface area contributed by atoms with E-state index in [-0.39, 0.29) is 12.2 Å². The molecule has 1 aromatic rings. The van der Waals surface area contributed by atoms with Crippen molar-refractivity contribution in [2.45, 2.75) is 13.5 Å². The molecule has 0 saturated heterocycles. The molecule has 0 aromatic carbocycles. The molecule has 0 spiro atoms. The van der Waals surface area contributed by atoms with Crippen LogP contribution in [-0.4, -0.2) is 15.1 Å². The van der Waals surface area contributed by atoms with Gasteiger partial charge in [-0.2, -0.15) is 0 Å². The Morgan fingerprint density at radius 3 is 3.00 bits per heavy atom. The molecule has 0 aliphatic heterocycles. The van der Waals surface area contributed by atoms with E-state index in [4.69, 9.17) is 5.11 Å². The Labute approximate surface area is 57.6 Å². The molecular formula is C6H8N2O2. The van der Waals surface area contributed by atoms with Crippen LogP contribution in [0.1, 0.15) is 11.4 Å². The van der Waals surface area contributed by atoms with Crippen molar-refractivity contribution in [2.75, 3.05) is 0 Å². The number of aromatic nitrogens is 2. The van der Waals surface area contributed by atoms with Gasteiger partial charge in [0, 0.05) is 6.20 Å². The molecule has 0 radical (unpaired) electrons. The van der Waals surface area contributed by atoms with Crippen molar-refractivity contribution in [1.82, 2.24) is 9.97 Å². The molecule has 1 heterocycles. The zero-order chi connectivity index (χ0) is 7.56. The number of hydrogen-bond acceptors (Lipinski definition) is 3. The first-order valence-electron chi connectivity index (χ1n) is 2.89. The van der Waals surface area contributed by atoms with E-state index in [2.05, 4.69) is 9.97 Å². The van der Waals surface area contributed by atoms with E-state index < -0.39 is 0 Å². The summed E-state index contributed by atoms with van der Waals surface area (Å²) in [5, 5.41) is 8.55. The third-order valence-corrected chi connectivity index (χ3v) is 1.17.